The first-order chi connectivity index (χ1) is 12.2. The van der Waals surface area contributed by atoms with E-state index in [1.807, 2.05) is 10.8 Å². The number of amides is 1. The molecule has 2 aromatic rings. The third-order valence-corrected chi connectivity index (χ3v) is 6.75. The zero-order valence-corrected chi connectivity index (χ0v) is 17.2. The van der Waals surface area contributed by atoms with Crippen LogP contribution in [0.2, 0.25) is 0 Å². The maximum absolute atomic E-state index is 12.0. The molecule has 0 saturated carbocycles. The van der Waals surface area contributed by atoms with E-state index in [1.54, 1.807) is 22.7 Å². The molecule has 1 saturated heterocycles. The smallest absolute Gasteiger partial charge is 0.226 e. The Morgan fingerprint density at radius 2 is 2.12 bits per heavy atom. The zero-order valence-electron chi connectivity index (χ0n) is 14.0. The number of nitrogens with zero attached hydrogens (tertiary/aromatic N) is 2. The highest BCUT2D eigenvalue weighted by Crippen LogP contribution is 2.32. The molecule has 25 heavy (non-hydrogen) atoms. The van der Waals surface area contributed by atoms with E-state index < -0.39 is 0 Å². The van der Waals surface area contributed by atoms with E-state index in [9.17, 15) is 4.79 Å². The first-order valence-corrected chi connectivity index (χ1v) is 11.0. The molecule has 0 aromatic carbocycles. The van der Waals surface area contributed by atoms with Crippen LogP contribution in [-0.2, 0) is 16.0 Å². The van der Waals surface area contributed by atoms with Crippen LogP contribution in [0.25, 0.3) is 9.88 Å². The Kier molecular flexibility index (Phi) is 7.42. The second kappa shape index (κ2) is 9.78. The molecule has 1 aliphatic rings. The molecule has 136 valence electrons. The molecule has 1 aliphatic heterocycles. The monoisotopic (exact) mass is 443 g/mol. The standard InChI is InChI=1S/C17H22BrN3O2S2/c18-13-9-15(24-11-13)17-20-14(12-25-17)10-16(22)19-3-1-2-4-21-5-7-23-8-6-21/h9,11-12H,1-8,10H2,(H,19,22). The number of nitrogens with one attached hydrogen (secondary N) is 1. The Bertz CT molecular complexity index is 683. The number of ether oxygens (including phenoxy) is 1. The summed E-state index contributed by atoms with van der Waals surface area (Å²) in [4.78, 5) is 20.2. The fourth-order valence-corrected chi connectivity index (χ4v) is 4.99. The summed E-state index contributed by atoms with van der Waals surface area (Å²) in [6.45, 7) is 5.56. The Balaban J connectivity index is 1.33. The number of rotatable bonds is 8. The Morgan fingerprint density at radius 3 is 2.88 bits per heavy atom. The van der Waals surface area contributed by atoms with Gasteiger partial charge < -0.3 is 10.1 Å². The average molecular weight is 444 g/mol. The van der Waals surface area contributed by atoms with Crippen molar-refractivity contribution in [1.29, 1.82) is 0 Å². The molecule has 0 unspecified atom stereocenters. The van der Waals surface area contributed by atoms with Gasteiger partial charge in [0.25, 0.3) is 0 Å². The van der Waals surface area contributed by atoms with Crippen LogP contribution < -0.4 is 5.32 Å². The average Bonchev–Trinajstić information content (AvgIpc) is 3.24. The minimum atomic E-state index is 0.0515. The summed E-state index contributed by atoms with van der Waals surface area (Å²) in [6, 6.07) is 2.06. The van der Waals surface area contributed by atoms with Gasteiger partial charge in [0.05, 0.1) is 30.2 Å². The molecular weight excluding hydrogens is 422 g/mol. The zero-order chi connectivity index (χ0) is 17.5. The van der Waals surface area contributed by atoms with Crippen molar-refractivity contribution in [2.45, 2.75) is 19.3 Å². The van der Waals surface area contributed by atoms with Crippen LogP contribution in [0.1, 0.15) is 18.5 Å². The minimum absolute atomic E-state index is 0.0515. The number of carbonyl (C=O) groups excluding carboxylic acids is 1. The number of thiazole rings is 1. The van der Waals surface area contributed by atoms with Crippen LogP contribution >= 0.6 is 38.6 Å². The van der Waals surface area contributed by atoms with Crippen molar-refractivity contribution in [3.63, 3.8) is 0 Å². The summed E-state index contributed by atoms with van der Waals surface area (Å²) in [7, 11) is 0. The van der Waals surface area contributed by atoms with Crippen molar-refractivity contribution in [1.82, 2.24) is 15.2 Å². The SMILES string of the molecule is O=C(Cc1csc(-c2cc(Br)cs2)n1)NCCCCN1CCOCC1. The van der Waals surface area contributed by atoms with Crippen molar-refractivity contribution < 1.29 is 9.53 Å². The molecular formula is C17H22BrN3O2S2. The lowest BCUT2D eigenvalue weighted by Gasteiger charge is -2.26. The van der Waals surface area contributed by atoms with Gasteiger partial charge in [-0.1, -0.05) is 0 Å². The topological polar surface area (TPSA) is 54.5 Å². The van der Waals surface area contributed by atoms with E-state index in [4.69, 9.17) is 4.74 Å². The molecule has 8 heteroatoms. The first kappa shape index (κ1) is 19.0. The summed E-state index contributed by atoms with van der Waals surface area (Å²) in [5.41, 5.74) is 0.843. The molecule has 1 N–H and O–H groups in total. The third kappa shape index (κ3) is 6.14. The van der Waals surface area contributed by atoms with Crippen molar-refractivity contribution in [3.8, 4) is 9.88 Å². The number of halogens is 1. The fourth-order valence-electron chi connectivity index (χ4n) is 2.67. The number of morpholine rings is 1. The van der Waals surface area contributed by atoms with Crippen LogP contribution in [0.4, 0.5) is 0 Å². The molecule has 5 nitrogen and oxygen atoms in total. The highest BCUT2D eigenvalue weighted by molar-refractivity contribution is 9.10. The van der Waals surface area contributed by atoms with Crippen molar-refractivity contribution in [3.05, 3.63) is 27.0 Å². The fraction of sp³-hybridized carbons (Fsp3) is 0.529. The quantitative estimate of drug-likeness (QED) is 0.635. The van der Waals surface area contributed by atoms with Gasteiger partial charge >= 0.3 is 0 Å². The number of hydrogen-bond acceptors (Lipinski definition) is 6. The van der Waals surface area contributed by atoms with E-state index in [0.717, 1.165) is 72.3 Å². The van der Waals surface area contributed by atoms with Crippen LogP contribution in [-0.4, -0.2) is 55.2 Å². The molecule has 1 fully saturated rings. The lowest BCUT2D eigenvalue weighted by Crippen LogP contribution is -2.37. The molecule has 0 radical (unpaired) electrons. The third-order valence-electron chi connectivity index (χ3n) is 4.00. The second-order valence-corrected chi connectivity index (χ2v) is 8.65. The molecule has 0 spiro atoms. The highest BCUT2D eigenvalue weighted by Gasteiger charge is 2.11. The number of thiophene rings is 1. The van der Waals surface area contributed by atoms with Crippen molar-refractivity contribution >= 4 is 44.5 Å². The number of hydrogen-bond donors (Lipinski definition) is 1. The molecule has 0 bridgehead atoms. The Morgan fingerprint density at radius 1 is 1.28 bits per heavy atom. The van der Waals surface area contributed by atoms with Crippen molar-refractivity contribution in [2.24, 2.45) is 0 Å². The van der Waals surface area contributed by atoms with E-state index in [-0.39, 0.29) is 5.91 Å². The number of carbonyl (C=O) groups is 1. The van der Waals surface area contributed by atoms with Gasteiger partial charge in [0.2, 0.25) is 5.91 Å². The minimum Gasteiger partial charge on any atom is -0.379 e. The van der Waals surface area contributed by atoms with E-state index in [0.29, 0.717) is 6.42 Å². The maximum atomic E-state index is 12.0. The van der Waals surface area contributed by atoms with Crippen LogP contribution in [0, 0.1) is 0 Å². The molecule has 1 amide bonds. The van der Waals surface area contributed by atoms with E-state index in [2.05, 4.69) is 37.2 Å². The lowest BCUT2D eigenvalue weighted by molar-refractivity contribution is -0.120. The Labute approximate surface area is 164 Å². The van der Waals surface area contributed by atoms with Gasteiger partial charge in [-0.15, -0.1) is 22.7 Å². The largest absolute Gasteiger partial charge is 0.379 e. The van der Waals surface area contributed by atoms with Crippen LogP contribution in [0.15, 0.2) is 21.3 Å². The van der Waals surface area contributed by atoms with Crippen LogP contribution in [0.5, 0.6) is 0 Å². The van der Waals surface area contributed by atoms with Gasteiger partial charge in [0, 0.05) is 34.9 Å². The second-order valence-electron chi connectivity index (χ2n) is 5.96. The van der Waals surface area contributed by atoms with E-state index in [1.165, 1.54) is 0 Å². The summed E-state index contributed by atoms with van der Waals surface area (Å²) in [6.07, 6.45) is 2.47. The lowest BCUT2D eigenvalue weighted by atomic mass is 10.2. The molecule has 3 rings (SSSR count). The van der Waals surface area contributed by atoms with Crippen LogP contribution in [0.3, 0.4) is 0 Å². The maximum Gasteiger partial charge on any atom is 0.226 e. The predicted octanol–water partition coefficient (Wildman–Crippen LogP) is 3.41. The first-order valence-electron chi connectivity index (χ1n) is 8.46. The van der Waals surface area contributed by atoms with Gasteiger partial charge in [0.1, 0.15) is 5.01 Å². The number of aromatic nitrogens is 1. The number of unbranched alkanes of at least 4 members (excludes halogenated alkanes) is 1. The van der Waals surface area contributed by atoms with Gasteiger partial charge in [-0.2, -0.15) is 0 Å². The Hall–Kier alpha value is -0.800. The normalized spacial score (nSPS) is 15.4. The summed E-state index contributed by atoms with van der Waals surface area (Å²) in [5, 5.41) is 7.99. The molecule has 0 aliphatic carbocycles. The highest BCUT2D eigenvalue weighted by atomic mass is 79.9. The molecule has 0 atom stereocenters. The molecule has 2 aromatic heterocycles. The summed E-state index contributed by atoms with van der Waals surface area (Å²) < 4.78 is 6.41. The van der Waals surface area contributed by atoms with Gasteiger partial charge in [-0.05, 0) is 41.4 Å². The van der Waals surface area contributed by atoms with Gasteiger partial charge in [0.15, 0.2) is 0 Å². The van der Waals surface area contributed by atoms with Gasteiger partial charge in [-0.25, -0.2) is 4.98 Å². The molecule has 3 heterocycles. The van der Waals surface area contributed by atoms with E-state index >= 15 is 0 Å². The predicted molar refractivity (Wildman–Crippen MR) is 106 cm³/mol. The van der Waals surface area contributed by atoms with Crippen molar-refractivity contribution in [2.75, 3.05) is 39.4 Å². The summed E-state index contributed by atoms with van der Waals surface area (Å²) >= 11 is 6.70. The van der Waals surface area contributed by atoms with Gasteiger partial charge in [-0.3, -0.25) is 9.69 Å². The summed E-state index contributed by atoms with van der Waals surface area (Å²) in [5.74, 6) is 0.0515.